The summed E-state index contributed by atoms with van der Waals surface area (Å²) in [6, 6.07) is 16.4. The molecular formula is C22H29N3O2. The minimum Gasteiger partial charge on any atom is -0.497 e. The molecule has 0 saturated carbocycles. The molecule has 1 aliphatic heterocycles. The van der Waals surface area contributed by atoms with E-state index in [0.717, 1.165) is 44.0 Å². The average Bonchev–Trinajstić information content (AvgIpc) is 2.74. The maximum absolute atomic E-state index is 12.5. The fourth-order valence-corrected chi connectivity index (χ4v) is 3.47. The molecule has 1 N–H and O–H groups in total. The van der Waals surface area contributed by atoms with Crippen molar-refractivity contribution in [1.82, 2.24) is 4.90 Å². The molecule has 144 valence electrons. The van der Waals surface area contributed by atoms with E-state index in [0.29, 0.717) is 13.0 Å². The highest BCUT2D eigenvalue weighted by Gasteiger charge is 2.21. The largest absolute Gasteiger partial charge is 0.497 e. The molecule has 0 atom stereocenters. The van der Waals surface area contributed by atoms with Crippen LogP contribution in [-0.2, 0) is 11.2 Å². The summed E-state index contributed by atoms with van der Waals surface area (Å²) in [6.07, 6.45) is 1.52. The topological polar surface area (TPSA) is 44.8 Å². The molecule has 0 radical (unpaired) electrons. The molecule has 5 heteroatoms. The molecule has 3 rings (SSSR count). The van der Waals surface area contributed by atoms with Crippen molar-refractivity contribution in [1.29, 1.82) is 0 Å². The van der Waals surface area contributed by atoms with Crippen molar-refractivity contribution >= 4 is 17.3 Å². The number of anilines is 2. The zero-order chi connectivity index (χ0) is 19.1. The molecule has 0 aliphatic carbocycles. The van der Waals surface area contributed by atoms with Gasteiger partial charge in [0.15, 0.2) is 0 Å². The number of hydrogen-bond donors (Lipinski definition) is 1. The van der Waals surface area contributed by atoms with Crippen molar-refractivity contribution in [2.45, 2.75) is 19.8 Å². The molecule has 2 aromatic rings. The first-order valence-electron chi connectivity index (χ1n) is 9.70. The standard InChI is InChI=1S/C22H29N3O2/c1-3-18-6-4-5-7-21(18)23-13-12-22(26)25-16-14-24(15-17-25)19-8-10-20(27-2)11-9-19/h4-11,23H,3,12-17H2,1-2H3. The van der Waals surface area contributed by atoms with Crippen LogP contribution in [0.5, 0.6) is 5.75 Å². The Balaban J connectivity index is 1.44. The lowest BCUT2D eigenvalue weighted by molar-refractivity contribution is -0.131. The summed E-state index contributed by atoms with van der Waals surface area (Å²) in [7, 11) is 1.68. The van der Waals surface area contributed by atoms with Gasteiger partial charge < -0.3 is 19.9 Å². The van der Waals surface area contributed by atoms with Crippen LogP contribution in [0.2, 0.25) is 0 Å². The first kappa shape index (κ1) is 19.1. The predicted octanol–water partition coefficient (Wildman–Crippen LogP) is 3.41. The number of ether oxygens (including phenoxy) is 1. The van der Waals surface area contributed by atoms with Crippen LogP contribution in [0, 0.1) is 0 Å². The van der Waals surface area contributed by atoms with E-state index < -0.39 is 0 Å². The number of piperazine rings is 1. The van der Waals surface area contributed by atoms with Gasteiger partial charge in [0, 0.05) is 50.5 Å². The third-order valence-corrected chi connectivity index (χ3v) is 5.12. The van der Waals surface area contributed by atoms with Gasteiger partial charge in [-0.05, 0) is 42.3 Å². The molecule has 0 spiro atoms. The smallest absolute Gasteiger partial charge is 0.224 e. The Morgan fingerprint density at radius 3 is 2.41 bits per heavy atom. The van der Waals surface area contributed by atoms with Crippen LogP contribution in [0.3, 0.4) is 0 Å². The summed E-state index contributed by atoms with van der Waals surface area (Å²) in [5, 5.41) is 3.41. The molecule has 0 bridgehead atoms. The van der Waals surface area contributed by atoms with Gasteiger partial charge in [-0.25, -0.2) is 0 Å². The molecule has 0 unspecified atom stereocenters. The van der Waals surface area contributed by atoms with Crippen LogP contribution in [0.4, 0.5) is 11.4 Å². The Morgan fingerprint density at radius 1 is 1.04 bits per heavy atom. The van der Waals surface area contributed by atoms with Gasteiger partial charge in [-0.2, -0.15) is 0 Å². The zero-order valence-corrected chi connectivity index (χ0v) is 16.3. The van der Waals surface area contributed by atoms with Gasteiger partial charge in [0.25, 0.3) is 0 Å². The first-order valence-corrected chi connectivity index (χ1v) is 9.70. The lowest BCUT2D eigenvalue weighted by Crippen LogP contribution is -2.49. The molecule has 1 saturated heterocycles. The van der Waals surface area contributed by atoms with Crippen LogP contribution >= 0.6 is 0 Å². The van der Waals surface area contributed by atoms with Gasteiger partial charge in [-0.1, -0.05) is 25.1 Å². The molecule has 27 heavy (non-hydrogen) atoms. The van der Waals surface area contributed by atoms with Crippen LogP contribution in [0.1, 0.15) is 18.9 Å². The summed E-state index contributed by atoms with van der Waals surface area (Å²) in [5.74, 6) is 1.09. The number of nitrogens with zero attached hydrogens (tertiary/aromatic N) is 2. The van der Waals surface area contributed by atoms with E-state index in [4.69, 9.17) is 4.74 Å². The van der Waals surface area contributed by atoms with Gasteiger partial charge in [0.1, 0.15) is 5.75 Å². The fraction of sp³-hybridized carbons (Fsp3) is 0.409. The van der Waals surface area contributed by atoms with Crippen molar-refractivity contribution in [3.8, 4) is 5.75 Å². The summed E-state index contributed by atoms with van der Waals surface area (Å²) < 4.78 is 5.21. The van der Waals surface area contributed by atoms with Gasteiger partial charge >= 0.3 is 0 Å². The van der Waals surface area contributed by atoms with E-state index in [9.17, 15) is 4.79 Å². The van der Waals surface area contributed by atoms with Crippen LogP contribution in [-0.4, -0.2) is 50.6 Å². The first-order chi connectivity index (χ1) is 13.2. The normalized spacial score (nSPS) is 14.1. The quantitative estimate of drug-likeness (QED) is 0.815. The Bertz CT molecular complexity index is 737. The van der Waals surface area contributed by atoms with E-state index in [1.54, 1.807) is 7.11 Å². The molecule has 1 fully saturated rings. The van der Waals surface area contributed by atoms with E-state index in [-0.39, 0.29) is 5.91 Å². The van der Waals surface area contributed by atoms with E-state index in [1.807, 2.05) is 23.1 Å². The summed E-state index contributed by atoms with van der Waals surface area (Å²) in [4.78, 5) is 16.8. The number of hydrogen-bond acceptors (Lipinski definition) is 4. The van der Waals surface area contributed by atoms with Gasteiger partial charge in [0.2, 0.25) is 5.91 Å². The Kier molecular flexibility index (Phi) is 6.58. The second kappa shape index (κ2) is 9.31. The minimum absolute atomic E-state index is 0.228. The van der Waals surface area contributed by atoms with Gasteiger partial charge in [0.05, 0.1) is 7.11 Å². The monoisotopic (exact) mass is 367 g/mol. The van der Waals surface area contributed by atoms with Crippen molar-refractivity contribution < 1.29 is 9.53 Å². The summed E-state index contributed by atoms with van der Waals surface area (Å²) >= 11 is 0. The van der Waals surface area contributed by atoms with Crippen molar-refractivity contribution in [3.05, 3.63) is 54.1 Å². The van der Waals surface area contributed by atoms with Gasteiger partial charge in [-0.3, -0.25) is 4.79 Å². The summed E-state index contributed by atoms with van der Waals surface area (Å²) in [5.41, 5.74) is 3.61. The Morgan fingerprint density at radius 2 is 1.74 bits per heavy atom. The van der Waals surface area contributed by atoms with Crippen LogP contribution < -0.4 is 15.0 Å². The summed E-state index contributed by atoms with van der Waals surface area (Å²) in [6.45, 7) is 6.10. The second-order valence-electron chi connectivity index (χ2n) is 6.75. The molecule has 0 aromatic heterocycles. The highest BCUT2D eigenvalue weighted by molar-refractivity contribution is 5.77. The van der Waals surface area contributed by atoms with Gasteiger partial charge in [-0.15, -0.1) is 0 Å². The molecule has 2 aromatic carbocycles. The molecular weight excluding hydrogens is 338 g/mol. The third-order valence-electron chi connectivity index (χ3n) is 5.12. The van der Waals surface area contributed by atoms with E-state index >= 15 is 0 Å². The fourth-order valence-electron chi connectivity index (χ4n) is 3.47. The van der Waals surface area contributed by atoms with Crippen molar-refractivity contribution in [2.75, 3.05) is 50.1 Å². The Labute approximate surface area is 161 Å². The number of benzene rings is 2. The SMILES string of the molecule is CCc1ccccc1NCCC(=O)N1CCN(c2ccc(OC)cc2)CC1. The number of amides is 1. The number of carbonyl (C=O) groups is 1. The molecule has 1 heterocycles. The maximum Gasteiger partial charge on any atom is 0.224 e. The van der Waals surface area contributed by atoms with Crippen molar-refractivity contribution in [3.63, 3.8) is 0 Å². The molecule has 1 amide bonds. The maximum atomic E-state index is 12.5. The van der Waals surface area contributed by atoms with Crippen molar-refractivity contribution in [2.24, 2.45) is 0 Å². The van der Waals surface area contributed by atoms with Crippen LogP contribution in [0.15, 0.2) is 48.5 Å². The van der Waals surface area contributed by atoms with E-state index in [1.165, 1.54) is 11.3 Å². The second-order valence-corrected chi connectivity index (χ2v) is 6.75. The average molecular weight is 367 g/mol. The molecule has 5 nitrogen and oxygen atoms in total. The number of rotatable bonds is 7. The number of aryl methyl sites for hydroxylation is 1. The third kappa shape index (κ3) is 4.94. The zero-order valence-electron chi connectivity index (χ0n) is 16.3. The molecule has 1 aliphatic rings. The number of para-hydroxylation sites is 1. The lowest BCUT2D eigenvalue weighted by atomic mass is 10.1. The Hall–Kier alpha value is -2.69. The number of nitrogens with one attached hydrogen (secondary N) is 1. The lowest BCUT2D eigenvalue weighted by Gasteiger charge is -2.36. The van der Waals surface area contributed by atoms with Crippen LogP contribution in [0.25, 0.3) is 0 Å². The number of carbonyl (C=O) groups excluding carboxylic acids is 1. The predicted molar refractivity (Wildman–Crippen MR) is 111 cm³/mol. The number of methoxy groups -OCH3 is 1. The minimum atomic E-state index is 0.228. The highest BCUT2D eigenvalue weighted by Crippen LogP contribution is 2.21. The highest BCUT2D eigenvalue weighted by atomic mass is 16.5. The van der Waals surface area contributed by atoms with E-state index in [2.05, 4.69) is 47.5 Å².